The van der Waals surface area contributed by atoms with Gasteiger partial charge in [-0.3, -0.25) is 0 Å². The number of hydrogen-bond acceptors (Lipinski definition) is 3. The summed E-state index contributed by atoms with van der Waals surface area (Å²) in [5, 5.41) is 2.10. The predicted octanol–water partition coefficient (Wildman–Crippen LogP) is 3.03. The van der Waals surface area contributed by atoms with Crippen LogP contribution in [0.5, 0.6) is 5.75 Å². The van der Waals surface area contributed by atoms with Crippen molar-refractivity contribution in [3.05, 3.63) is 40.1 Å². The lowest BCUT2D eigenvalue weighted by Crippen LogP contribution is -2.10. The summed E-state index contributed by atoms with van der Waals surface area (Å²) in [5.41, 5.74) is 2.17. The van der Waals surface area contributed by atoms with Gasteiger partial charge in [-0.2, -0.15) is 0 Å². The fourth-order valence-corrected chi connectivity index (χ4v) is 2.34. The lowest BCUT2D eigenvalue weighted by molar-refractivity contribution is 0.340. The Morgan fingerprint density at radius 3 is 2.53 bits per heavy atom. The van der Waals surface area contributed by atoms with Crippen LogP contribution in [0, 0.1) is 6.92 Å². The molecule has 2 rings (SSSR count). The van der Waals surface area contributed by atoms with Gasteiger partial charge in [-0.15, -0.1) is 11.3 Å². The Bertz CT molecular complexity index is 552. The van der Waals surface area contributed by atoms with E-state index in [0.29, 0.717) is 6.61 Å². The molecule has 0 N–H and O–H groups in total. The summed E-state index contributed by atoms with van der Waals surface area (Å²) in [7, 11) is 2.03. The molecule has 0 aliphatic heterocycles. The van der Waals surface area contributed by atoms with Crippen molar-refractivity contribution in [2.75, 3.05) is 6.61 Å². The predicted molar refractivity (Wildman–Crippen MR) is 70.9 cm³/mol. The molecule has 1 aromatic heterocycles. The van der Waals surface area contributed by atoms with Gasteiger partial charge in [0.05, 0.1) is 12.3 Å². The van der Waals surface area contributed by atoms with Gasteiger partial charge in [-0.05, 0) is 38.1 Å². The normalized spacial score (nSPS) is 11.8. The molecule has 0 saturated carbocycles. The van der Waals surface area contributed by atoms with Crippen LogP contribution in [0.3, 0.4) is 0 Å². The van der Waals surface area contributed by atoms with Crippen molar-refractivity contribution in [1.29, 1.82) is 0 Å². The Labute approximate surface area is 105 Å². The topological polar surface area (TPSA) is 26.5 Å². The largest absolute Gasteiger partial charge is 0.494 e. The van der Waals surface area contributed by atoms with E-state index in [-0.39, 0.29) is 0 Å². The maximum atomic E-state index is 5.39. The third-order valence-corrected chi connectivity index (χ3v) is 3.56. The molecule has 90 valence electrons. The molecule has 0 fully saturated rings. The molecule has 0 saturated heterocycles. The van der Waals surface area contributed by atoms with E-state index >= 15 is 0 Å². The van der Waals surface area contributed by atoms with Crippen LogP contribution in [0.2, 0.25) is 0 Å². The molecule has 1 heterocycles. The van der Waals surface area contributed by atoms with Gasteiger partial charge in [-0.25, -0.2) is 4.99 Å². The monoisotopic (exact) mass is 248 g/mol. The number of nitrogens with zero attached hydrogens (tertiary/aromatic N) is 2. The van der Waals surface area contributed by atoms with Crippen LogP contribution in [0.4, 0.5) is 5.69 Å². The highest BCUT2D eigenvalue weighted by atomic mass is 32.1. The molecule has 2 aromatic rings. The number of aromatic nitrogens is 1. The van der Waals surface area contributed by atoms with Crippen LogP contribution in [0.25, 0.3) is 0 Å². The van der Waals surface area contributed by atoms with E-state index in [4.69, 9.17) is 4.74 Å². The van der Waals surface area contributed by atoms with Crippen molar-refractivity contribution >= 4 is 17.0 Å². The molecule has 3 nitrogen and oxygen atoms in total. The van der Waals surface area contributed by atoms with Crippen LogP contribution in [0.15, 0.2) is 34.6 Å². The van der Waals surface area contributed by atoms with E-state index in [1.807, 2.05) is 38.2 Å². The minimum atomic E-state index is 0.690. The standard InChI is InChI=1S/C13H16N2OS/c1-4-16-12-7-5-11(6-8-12)14-13-15(3)10(2)9-17-13/h5-9H,4H2,1-3H3. The average molecular weight is 248 g/mol. The first-order valence-electron chi connectivity index (χ1n) is 5.59. The molecule has 0 aliphatic carbocycles. The maximum Gasteiger partial charge on any atom is 0.189 e. The van der Waals surface area contributed by atoms with E-state index in [1.54, 1.807) is 11.3 Å². The first kappa shape index (κ1) is 11.9. The molecule has 0 spiro atoms. The smallest absolute Gasteiger partial charge is 0.189 e. The molecule has 0 atom stereocenters. The first-order chi connectivity index (χ1) is 8.20. The van der Waals surface area contributed by atoms with Crippen molar-refractivity contribution in [3.8, 4) is 5.75 Å². The first-order valence-corrected chi connectivity index (χ1v) is 6.47. The summed E-state index contributed by atoms with van der Waals surface area (Å²) >= 11 is 1.65. The number of hydrogen-bond donors (Lipinski definition) is 0. The van der Waals surface area contributed by atoms with Crippen LogP contribution in [0.1, 0.15) is 12.6 Å². The van der Waals surface area contributed by atoms with E-state index in [0.717, 1.165) is 16.2 Å². The molecule has 0 bridgehead atoms. The van der Waals surface area contributed by atoms with Gasteiger partial charge in [0, 0.05) is 18.1 Å². The van der Waals surface area contributed by atoms with Gasteiger partial charge in [0.25, 0.3) is 0 Å². The van der Waals surface area contributed by atoms with E-state index < -0.39 is 0 Å². The highest BCUT2D eigenvalue weighted by Gasteiger charge is 1.96. The van der Waals surface area contributed by atoms with E-state index in [2.05, 4.69) is 21.9 Å². The van der Waals surface area contributed by atoms with Crippen molar-refractivity contribution in [3.63, 3.8) is 0 Å². The fourth-order valence-electron chi connectivity index (χ4n) is 1.44. The van der Waals surface area contributed by atoms with Gasteiger partial charge in [0.15, 0.2) is 4.80 Å². The van der Waals surface area contributed by atoms with Gasteiger partial charge in [0.2, 0.25) is 0 Å². The fraction of sp³-hybridized carbons (Fsp3) is 0.308. The summed E-state index contributed by atoms with van der Waals surface area (Å²) in [6, 6.07) is 7.84. The molecule has 4 heteroatoms. The second-order valence-electron chi connectivity index (χ2n) is 3.76. The van der Waals surface area contributed by atoms with Crippen molar-refractivity contribution in [2.45, 2.75) is 13.8 Å². The number of benzene rings is 1. The van der Waals surface area contributed by atoms with Crippen LogP contribution < -0.4 is 9.54 Å². The quantitative estimate of drug-likeness (QED) is 0.820. The zero-order chi connectivity index (χ0) is 12.3. The van der Waals surface area contributed by atoms with E-state index in [1.165, 1.54) is 5.69 Å². The minimum Gasteiger partial charge on any atom is -0.494 e. The Hall–Kier alpha value is -1.55. The van der Waals surface area contributed by atoms with Crippen LogP contribution in [-0.2, 0) is 7.05 Å². The third kappa shape index (κ3) is 2.77. The van der Waals surface area contributed by atoms with Crippen molar-refractivity contribution < 1.29 is 4.74 Å². The molecule has 0 aliphatic rings. The van der Waals surface area contributed by atoms with Gasteiger partial charge in [0.1, 0.15) is 5.75 Å². The molecule has 17 heavy (non-hydrogen) atoms. The Kier molecular flexibility index (Phi) is 3.64. The SMILES string of the molecule is CCOc1ccc(N=c2scc(C)n2C)cc1. The second kappa shape index (κ2) is 5.19. The summed E-state index contributed by atoms with van der Waals surface area (Å²) in [4.78, 5) is 5.59. The number of ether oxygens (including phenoxy) is 1. The molecular weight excluding hydrogens is 232 g/mol. The second-order valence-corrected chi connectivity index (χ2v) is 4.59. The summed E-state index contributed by atoms with van der Waals surface area (Å²) < 4.78 is 7.48. The third-order valence-electron chi connectivity index (χ3n) is 2.52. The van der Waals surface area contributed by atoms with Crippen LogP contribution >= 0.6 is 11.3 Å². The molecule has 0 amide bonds. The summed E-state index contributed by atoms with van der Waals surface area (Å²) in [5.74, 6) is 0.887. The zero-order valence-corrected chi connectivity index (χ0v) is 11.1. The zero-order valence-electron chi connectivity index (χ0n) is 10.3. The lowest BCUT2D eigenvalue weighted by atomic mass is 10.3. The number of thiazole rings is 1. The van der Waals surface area contributed by atoms with Gasteiger partial charge in [-0.1, -0.05) is 0 Å². The van der Waals surface area contributed by atoms with Crippen LogP contribution in [-0.4, -0.2) is 11.2 Å². The van der Waals surface area contributed by atoms with E-state index in [9.17, 15) is 0 Å². The maximum absolute atomic E-state index is 5.39. The molecule has 0 radical (unpaired) electrons. The minimum absolute atomic E-state index is 0.690. The lowest BCUT2D eigenvalue weighted by Gasteiger charge is -2.02. The Balaban J connectivity index is 2.30. The summed E-state index contributed by atoms with van der Waals surface area (Å²) in [6.07, 6.45) is 0. The summed E-state index contributed by atoms with van der Waals surface area (Å²) in [6.45, 7) is 4.75. The Morgan fingerprint density at radius 2 is 2.00 bits per heavy atom. The van der Waals surface area contributed by atoms with Crippen molar-refractivity contribution in [1.82, 2.24) is 4.57 Å². The number of rotatable bonds is 3. The Morgan fingerprint density at radius 1 is 1.29 bits per heavy atom. The van der Waals surface area contributed by atoms with Gasteiger partial charge >= 0.3 is 0 Å². The van der Waals surface area contributed by atoms with Crippen molar-refractivity contribution in [2.24, 2.45) is 12.0 Å². The highest BCUT2D eigenvalue weighted by Crippen LogP contribution is 2.17. The van der Waals surface area contributed by atoms with Gasteiger partial charge < -0.3 is 9.30 Å². The number of aryl methyl sites for hydroxylation is 1. The molecule has 1 aromatic carbocycles. The molecular formula is C13H16N2OS. The average Bonchev–Trinajstić information content (AvgIpc) is 2.64. The molecule has 0 unspecified atom stereocenters. The highest BCUT2D eigenvalue weighted by molar-refractivity contribution is 7.07.